The van der Waals surface area contributed by atoms with Crippen LogP contribution in [0.5, 0.6) is 0 Å². The summed E-state index contributed by atoms with van der Waals surface area (Å²) in [5.74, 6) is 0.741. The van der Waals surface area contributed by atoms with Crippen molar-refractivity contribution < 1.29 is 0 Å². The Hall–Kier alpha value is -0.870. The van der Waals surface area contributed by atoms with Crippen molar-refractivity contribution in [2.24, 2.45) is 11.7 Å². The fraction of sp³-hybridized carbons (Fsp3) is 0.769. The molecule has 2 N–H and O–H groups in total. The number of aryl methyl sites for hydroxylation is 1. The Balaban J connectivity index is 1.91. The van der Waals surface area contributed by atoms with E-state index in [1.54, 1.807) is 0 Å². The van der Waals surface area contributed by atoms with Gasteiger partial charge < -0.3 is 5.73 Å². The number of piperidine rings is 1. The van der Waals surface area contributed by atoms with E-state index < -0.39 is 0 Å². The molecule has 1 aliphatic rings. The molecule has 1 saturated heterocycles. The van der Waals surface area contributed by atoms with E-state index in [0.29, 0.717) is 0 Å². The molecule has 1 aromatic heterocycles. The van der Waals surface area contributed by atoms with Crippen molar-refractivity contribution in [1.29, 1.82) is 0 Å². The third-order valence-corrected chi connectivity index (χ3v) is 3.94. The lowest BCUT2D eigenvalue weighted by molar-refractivity contribution is 0.180. The second-order valence-corrected chi connectivity index (χ2v) is 5.03. The first-order valence-electron chi connectivity index (χ1n) is 6.68. The van der Waals surface area contributed by atoms with Crippen LogP contribution in [0.1, 0.15) is 31.0 Å². The summed E-state index contributed by atoms with van der Waals surface area (Å²) in [6.45, 7) is 9.51. The van der Waals surface area contributed by atoms with Gasteiger partial charge in [-0.2, -0.15) is 5.10 Å². The molecule has 0 amide bonds. The lowest BCUT2D eigenvalue weighted by atomic mass is 9.97. The molecular weight excluding hydrogens is 212 g/mol. The van der Waals surface area contributed by atoms with Crippen LogP contribution >= 0.6 is 0 Å². The summed E-state index contributed by atoms with van der Waals surface area (Å²) >= 11 is 0. The fourth-order valence-electron chi connectivity index (χ4n) is 2.58. The van der Waals surface area contributed by atoms with Gasteiger partial charge in [-0.3, -0.25) is 9.58 Å². The number of hydrogen-bond acceptors (Lipinski definition) is 3. The standard InChI is InChI=1S/C13H24N4/c1-3-17-11(2)13(9-15-17)10-16-6-4-12(8-14)5-7-16/h9,12H,3-8,10,14H2,1-2H3. The van der Waals surface area contributed by atoms with Crippen LogP contribution in [0.15, 0.2) is 6.20 Å². The summed E-state index contributed by atoms with van der Waals surface area (Å²) in [7, 11) is 0. The molecule has 0 unspecified atom stereocenters. The highest BCUT2D eigenvalue weighted by atomic mass is 15.3. The Morgan fingerprint density at radius 1 is 1.41 bits per heavy atom. The molecular formula is C13H24N4. The van der Waals surface area contributed by atoms with Gasteiger partial charge in [-0.05, 0) is 52.2 Å². The molecule has 1 aromatic rings. The minimum absolute atomic E-state index is 0.741. The van der Waals surface area contributed by atoms with Crippen molar-refractivity contribution >= 4 is 0 Å². The third-order valence-electron chi connectivity index (χ3n) is 3.94. The Kier molecular flexibility index (Phi) is 4.18. The zero-order valence-electron chi connectivity index (χ0n) is 11.0. The molecule has 17 heavy (non-hydrogen) atoms. The van der Waals surface area contributed by atoms with Crippen molar-refractivity contribution in [1.82, 2.24) is 14.7 Å². The highest BCUT2D eigenvalue weighted by Gasteiger charge is 2.19. The Labute approximate surface area is 104 Å². The van der Waals surface area contributed by atoms with Gasteiger partial charge in [-0.15, -0.1) is 0 Å². The largest absolute Gasteiger partial charge is 0.330 e. The summed E-state index contributed by atoms with van der Waals surface area (Å²) in [6.07, 6.45) is 4.52. The zero-order chi connectivity index (χ0) is 12.3. The Morgan fingerprint density at radius 2 is 2.12 bits per heavy atom. The van der Waals surface area contributed by atoms with Crippen LogP contribution in [0.4, 0.5) is 0 Å². The summed E-state index contributed by atoms with van der Waals surface area (Å²) < 4.78 is 2.07. The van der Waals surface area contributed by atoms with Crippen LogP contribution in [0.25, 0.3) is 0 Å². The summed E-state index contributed by atoms with van der Waals surface area (Å²) in [5, 5.41) is 4.40. The van der Waals surface area contributed by atoms with Crippen LogP contribution in [0, 0.1) is 12.8 Å². The SMILES string of the molecule is CCn1ncc(CN2CCC(CN)CC2)c1C. The maximum absolute atomic E-state index is 5.71. The molecule has 1 aliphatic heterocycles. The van der Waals surface area contributed by atoms with Crippen molar-refractivity contribution in [3.05, 3.63) is 17.5 Å². The number of nitrogens with two attached hydrogens (primary N) is 1. The highest BCUT2D eigenvalue weighted by Crippen LogP contribution is 2.19. The molecule has 0 saturated carbocycles. The molecule has 2 heterocycles. The topological polar surface area (TPSA) is 47.1 Å². The molecule has 1 fully saturated rings. The molecule has 96 valence electrons. The molecule has 0 spiro atoms. The quantitative estimate of drug-likeness (QED) is 0.859. The Bertz CT molecular complexity index is 350. The highest BCUT2D eigenvalue weighted by molar-refractivity contribution is 5.16. The van der Waals surface area contributed by atoms with Crippen molar-refractivity contribution in [2.45, 2.75) is 39.8 Å². The van der Waals surface area contributed by atoms with Gasteiger partial charge in [0.2, 0.25) is 0 Å². The van der Waals surface area contributed by atoms with Gasteiger partial charge in [0, 0.05) is 24.3 Å². The van der Waals surface area contributed by atoms with Gasteiger partial charge in [0.15, 0.2) is 0 Å². The van der Waals surface area contributed by atoms with Crippen LogP contribution < -0.4 is 5.73 Å². The predicted octanol–water partition coefficient (Wildman–Crippen LogP) is 1.38. The lowest BCUT2D eigenvalue weighted by Crippen LogP contribution is -2.35. The van der Waals surface area contributed by atoms with Crippen molar-refractivity contribution in [3.8, 4) is 0 Å². The number of nitrogens with zero attached hydrogens (tertiary/aromatic N) is 3. The third kappa shape index (κ3) is 2.87. The lowest BCUT2D eigenvalue weighted by Gasteiger charge is -2.31. The molecule has 0 radical (unpaired) electrons. The van der Waals surface area contributed by atoms with Crippen LogP contribution in [0.2, 0.25) is 0 Å². The Morgan fingerprint density at radius 3 is 2.65 bits per heavy atom. The molecule has 2 rings (SSSR count). The minimum atomic E-state index is 0.741. The molecule has 0 aliphatic carbocycles. The smallest absolute Gasteiger partial charge is 0.0537 e. The molecule has 4 nitrogen and oxygen atoms in total. The fourth-order valence-corrected chi connectivity index (χ4v) is 2.58. The number of hydrogen-bond donors (Lipinski definition) is 1. The van der Waals surface area contributed by atoms with E-state index in [0.717, 1.165) is 25.6 Å². The summed E-state index contributed by atoms with van der Waals surface area (Å²) in [5.41, 5.74) is 8.40. The number of likely N-dealkylation sites (tertiary alicyclic amines) is 1. The molecule has 0 aromatic carbocycles. The van der Waals surface area contributed by atoms with Crippen molar-refractivity contribution in [2.75, 3.05) is 19.6 Å². The van der Waals surface area contributed by atoms with Gasteiger partial charge in [-0.1, -0.05) is 0 Å². The van der Waals surface area contributed by atoms with Crippen LogP contribution in [-0.2, 0) is 13.1 Å². The van der Waals surface area contributed by atoms with E-state index in [1.165, 1.54) is 37.2 Å². The van der Waals surface area contributed by atoms with E-state index in [1.807, 2.05) is 6.20 Å². The first-order chi connectivity index (χ1) is 8.24. The number of aromatic nitrogens is 2. The average molecular weight is 236 g/mol. The first kappa shape index (κ1) is 12.6. The second kappa shape index (κ2) is 5.65. The van der Waals surface area contributed by atoms with Crippen LogP contribution in [-0.4, -0.2) is 34.3 Å². The molecule has 4 heteroatoms. The van der Waals surface area contributed by atoms with E-state index in [4.69, 9.17) is 5.73 Å². The van der Waals surface area contributed by atoms with E-state index in [2.05, 4.69) is 28.5 Å². The molecule has 0 atom stereocenters. The second-order valence-electron chi connectivity index (χ2n) is 5.03. The summed E-state index contributed by atoms with van der Waals surface area (Å²) in [4.78, 5) is 2.52. The van der Waals surface area contributed by atoms with Crippen LogP contribution in [0.3, 0.4) is 0 Å². The average Bonchev–Trinajstić information content (AvgIpc) is 2.71. The first-order valence-corrected chi connectivity index (χ1v) is 6.68. The van der Waals surface area contributed by atoms with Gasteiger partial charge in [0.05, 0.1) is 6.20 Å². The molecule has 0 bridgehead atoms. The predicted molar refractivity (Wildman–Crippen MR) is 69.7 cm³/mol. The summed E-state index contributed by atoms with van der Waals surface area (Å²) in [6, 6.07) is 0. The minimum Gasteiger partial charge on any atom is -0.330 e. The normalized spacial score (nSPS) is 18.8. The van der Waals surface area contributed by atoms with Gasteiger partial charge in [0.25, 0.3) is 0 Å². The van der Waals surface area contributed by atoms with Crippen molar-refractivity contribution in [3.63, 3.8) is 0 Å². The van der Waals surface area contributed by atoms with Gasteiger partial charge in [-0.25, -0.2) is 0 Å². The zero-order valence-corrected chi connectivity index (χ0v) is 11.0. The van der Waals surface area contributed by atoms with Gasteiger partial charge in [0.1, 0.15) is 0 Å². The van der Waals surface area contributed by atoms with E-state index >= 15 is 0 Å². The number of rotatable bonds is 4. The maximum Gasteiger partial charge on any atom is 0.0537 e. The van der Waals surface area contributed by atoms with E-state index in [-0.39, 0.29) is 0 Å². The monoisotopic (exact) mass is 236 g/mol. The maximum atomic E-state index is 5.71. The van der Waals surface area contributed by atoms with Gasteiger partial charge >= 0.3 is 0 Å². The van der Waals surface area contributed by atoms with E-state index in [9.17, 15) is 0 Å².